The van der Waals surface area contributed by atoms with Gasteiger partial charge in [0.15, 0.2) is 0 Å². The van der Waals surface area contributed by atoms with Crippen molar-refractivity contribution in [2.75, 3.05) is 7.05 Å². The SMILES string of the molecule is CNC(c1cc(C)cc(Br)c1)c1ccc2ncccc2c1. The summed E-state index contributed by atoms with van der Waals surface area (Å²) in [6.45, 7) is 2.12. The van der Waals surface area contributed by atoms with E-state index in [4.69, 9.17) is 0 Å². The Morgan fingerprint density at radius 3 is 2.67 bits per heavy atom. The van der Waals surface area contributed by atoms with Gasteiger partial charge in [-0.2, -0.15) is 0 Å². The Labute approximate surface area is 133 Å². The average Bonchev–Trinajstić information content (AvgIpc) is 2.47. The van der Waals surface area contributed by atoms with Gasteiger partial charge in [-0.15, -0.1) is 0 Å². The highest BCUT2D eigenvalue weighted by atomic mass is 79.9. The first-order chi connectivity index (χ1) is 10.2. The summed E-state index contributed by atoms with van der Waals surface area (Å²) in [4.78, 5) is 4.38. The summed E-state index contributed by atoms with van der Waals surface area (Å²) >= 11 is 3.59. The summed E-state index contributed by atoms with van der Waals surface area (Å²) in [5.41, 5.74) is 4.78. The fourth-order valence-corrected chi connectivity index (χ4v) is 3.36. The van der Waals surface area contributed by atoms with E-state index in [0.717, 1.165) is 9.99 Å². The van der Waals surface area contributed by atoms with Gasteiger partial charge >= 0.3 is 0 Å². The zero-order valence-corrected chi connectivity index (χ0v) is 13.7. The largest absolute Gasteiger partial charge is 0.309 e. The molecular weight excluding hydrogens is 324 g/mol. The molecule has 3 aromatic rings. The van der Waals surface area contributed by atoms with E-state index >= 15 is 0 Å². The fraction of sp³-hybridized carbons (Fsp3) is 0.167. The molecule has 0 radical (unpaired) electrons. The van der Waals surface area contributed by atoms with Crippen molar-refractivity contribution < 1.29 is 0 Å². The number of nitrogens with one attached hydrogen (secondary N) is 1. The lowest BCUT2D eigenvalue weighted by Crippen LogP contribution is -2.17. The van der Waals surface area contributed by atoms with Crippen molar-refractivity contribution in [2.45, 2.75) is 13.0 Å². The van der Waals surface area contributed by atoms with Crippen LogP contribution >= 0.6 is 15.9 Å². The topological polar surface area (TPSA) is 24.9 Å². The number of aromatic nitrogens is 1. The first kappa shape index (κ1) is 14.2. The van der Waals surface area contributed by atoms with Crippen LogP contribution in [0.4, 0.5) is 0 Å². The Morgan fingerprint density at radius 2 is 1.90 bits per heavy atom. The number of pyridine rings is 1. The molecule has 0 spiro atoms. The Hall–Kier alpha value is -1.71. The zero-order chi connectivity index (χ0) is 14.8. The van der Waals surface area contributed by atoms with E-state index in [-0.39, 0.29) is 6.04 Å². The zero-order valence-electron chi connectivity index (χ0n) is 12.1. The molecule has 2 nitrogen and oxygen atoms in total. The molecule has 0 amide bonds. The van der Waals surface area contributed by atoms with Crippen LogP contribution in [0.15, 0.2) is 59.2 Å². The molecule has 1 N–H and O–H groups in total. The van der Waals surface area contributed by atoms with Crippen molar-refractivity contribution >= 4 is 26.8 Å². The van der Waals surface area contributed by atoms with Crippen molar-refractivity contribution in [1.29, 1.82) is 0 Å². The molecule has 0 aliphatic heterocycles. The van der Waals surface area contributed by atoms with Gasteiger partial charge in [0.2, 0.25) is 0 Å². The summed E-state index contributed by atoms with van der Waals surface area (Å²) < 4.78 is 1.11. The molecule has 1 heterocycles. The third-order valence-electron chi connectivity index (χ3n) is 3.65. The second kappa shape index (κ2) is 5.96. The molecule has 0 saturated heterocycles. The molecule has 1 aromatic heterocycles. The van der Waals surface area contributed by atoms with Gasteiger partial charge in [0, 0.05) is 16.1 Å². The normalized spacial score (nSPS) is 12.5. The maximum absolute atomic E-state index is 4.38. The Balaban J connectivity index is 2.08. The number of aryl methyl sites for hydroxylation is 1. The monoisotopic (exact) mass is 340 g/mol. The van der Waals surface area contributed by atoms with E-state index in [1.807, 2.05) is 19.3 Å². The van der Waals surface area contributed by atoms with Crippen molar-refractivity contribution in [3.63, 3.8) is 0 Å². The van der Waals surface area contributed by atoms with E-state index in [0.29, 0.717) is 0 Å². The van der Waals surface area contributed by atoms with Crippen LogP contribution in [0, 0.1) is 6.92 Å². The summed E-state index contributed by atoms with van der Waals surface area (Å²) in [5, 5.41) is 4.58. The fourth-order valence-electron chi connectivity index (χ4n) is 2.73. The van der Waals surface area contributed by atoms with Crippen LogP contribution in [0.1, 0.15) is 22.7 Å². The highest BCUT2D eigenvalue weighted by Crippen LogP contribution is 2.27. The van der Waals surface area contributed by atoms with Gasteiger partial charge in [0.05, 0.1) is 11.6 Å². The molecular formula is C18H17BrN2. The van der Waals surface area contributed by atoms with E-state index in [1.165, 1.54) is 22.1 Å². The van der Waals surface area contributed by atoms with Crippen LogP contribution < -0.4 is 5.32 Å². The molecule has 106 valence electrons. The lowest BCUT2D eigenvalue weighted by atomic mass is 9.96. The average molecular weight is 341 g/mol. The van der Waals surface area contributed by atoms with Crippen molar-refractivity contribution in [3.05, 3.63) is 75.9 Å². The van der Waals surface area contributed by atoms with Gasteiger partial charge in [-0.25, -0.2) is 0 Å². The minimum absolute atomic E-state index is 0.172. The highest BCUT2D eigenvalue weighted by molar-refractivity contribution is 9.10. The molecule has 0 aliphatic rings. The first-order valence-electron chi connectivity index (χ1n) is 6.96. The van der Waals surface area contributed by atoms with Gasteiger partial charge in [0.1, 0.15) is 0 Å². The Morgan fingerprint density at radius 1 is 1.05 bits per heavy atom. The predicted octanol–water partition coefficient (Wildman–Crippen LogP) is 4.61. The van der Waals surface area contributed by atoms with E-state index < -0.39 is 0 Å². The second-order valence-electron chi connectivity index (χ2n) is 5.24. The van der Waals surface area contributed by atoms with Crippen LogP contribution in [0.25, 0.3) is 10.9 Å². The Kier molecular flexibility index (Phi) is 4.04. The molecule has 1 unspecified atom stereocenters. The summed E-state index contributed by atoms with van der Waals surface area (Å²) in [5.74, 6) is 0. The molecule has 21 heavy (non-hydrogen) atoms. The summed E-state index contributed by atoms with van der Waals surface area (Å²) in [6.07, 6.45) is 1.83. The molecule has 2 aromatic carbocycles. The van der Waals surface area contributed by atoms with Gasteiger partial charge in [0.25, 0.3) is 0 Å². The number of benzene rings is 2. The quantitative estimate of drug-likeness (QED) is 0.752. The standard InChI is InChI=1S/C18H17BrN2/c1-12-8-15(11-16(19)9-12)18(20-2)14-5-6-17-13(10-14)4-3-7-21-17/h3-11,18,20H,1-2H3. The van der Waals surface area contributed by atoms with E-state index in [1.54, 1.807) is 0 Å². The number of hydrogen-bond donors (Lipinski definition) is 1. The number of halogens is 1. The Bertz CT molecular complexity index is 763. The van der Waals surface area contributed by atoms with Crippen LogP contribution in [-0.2, 0) is 0 Å². The van der Waals surface area contributed by atoms with Gasteiger partial charge in [-0.05, 0) is 61.0 Å². The molecule has 0 fully saturated rings. The molecule has 0 bridgehead atoms. The minimum Gasteiger partial charge on any atom is -0.309 e. The number of rotatable bonds is 3. The minimum atomic E-state index is 0.172. The molecule has 3 heteroatoms. The maximum Gasteiger partial charge on any atom is 0.0702 e. The third kappa shape index (κ3) is 2.99. The lowest BCUT2D eigenvalue weighted by Gasteiger charge is -2.19. The van der Waals surface area contributed by atoms with Crippen molar-refractivity contribution in [3.8, 4) is 0 Å². The van der Waals surface area contributed by atoms with Gasteiger partial charge in [-0.1, -0.05) is 34.1 Å². The summed E-state index contributed by atoms with van der Waals surface area (Å²) in [7, 11) is 1.99. The molecule has 0 saturated carbocycles. The van der Waals surface area contributed by atoms with Crippen molar-refractivity contribution in [2.24, 2.45) is 0 Å². The van der Waals surface area contributed by atoms with Crippen LogP contribution in [-0.4, -0.2) is 12.0 Å². The lowest BCUT2D eigenvalue weighted by molar-refractivity contribution is 0.691. The molecule has 1 atom stereocenters. The third-order valence-corrected chi connectivity index (χ3v) is 4.10. The highest BCUT2D eigenvalue weighted by Gasteiger charge is 2.13. The first-order valence-corrected chi connectivity index (χ1v) is 7.76. The van der Waals surface area contributed by atoms with Gasteiger partial charge in [-0.3, -0.25) is 4.98 Å². The number of nitrogens with zero attached hydrogens (tertiary/aromatic N) is 1. The summed E-state index contributed by atoms with van der Waals surface area (Å²) in [6, 6.07) is 17.2. The molecule has 0 aliphatic carbocycles. The second-order valence-corrected chi connectivity index (χ2v) is 6.15. The number of fused-ring (bicyclic) bond motifs is 1. The predicted molar refractivity (Wildman–Crippen MR) is 91.5 cm³/mol. The van der Waals surface area contributed by atoms with Gasteiger partial charge < -0.3 is 5.32 Å². The van der Waals surface area contributed by atoms with Crippen LogP contribution in [0.3, 0.4) is 0 Å². The van der Waals surface area contributed by atoms with E-state index in [2.05, 4.69) is 75.6 Å². The smallest absolute Gasteiger partial charge is 0.0702 e. The number of hydrogen-bond acceptors (Lipinski definition) is 2. The van der Waals surface area contributed by atoms with Crippen LogP contribution in [0.2, 0.25) is 0 Å². The maximum atomic E-state index is 4.38. The van der Waals surface area contributed by atoms with Crippen LogP contribution in [0.5, 0.6) is 0 Å². The van der Waals surface area contributed by atoms with Crippen molar-refractivity contribution in [1.82, 2.24) is 10.3 Å². The molecule has 3 rings (SSSR count). The van der Waals surface area contributed by atoms with E-state index in [9.17, 15) is 0 Å².